The summed E-state index contributed by atoms with van der Waals surface area (Å²) < 4.78 is 10.9. The van der Waals surface area contributed by atoms with Gasteiger partial charge < -0.3 is 14.6 Å². The summed E-state index contributed by atoms with van der Waals surface area (Å²) in [6.07, 6.45) is 1.93. The van der Waals surface area contributed by atoms with Crippen molar-refractivity contribution in [2.45, 2.75) is 24.2 Å². The Kier molecular flexibility index (Phi) is 7.46. The molecule has 4 amide bonds. The molecule has 3 aromatic rings. The second kappa shape index (κ2) is 11.3. The fourth-order valence-electron chi connectivity index (χ4n) is 8.11. The number of nitrogens with one attached hydrogen (secondary N) is 1. The molecule has 0 bridgehead atoms. The number of phenols is 1. The number of para-hydroxylation sites is 1. The standard InChI is InChI=1S/C34H29Cl2N3O8/c1-46-18-9-6-16(7-10-18)34-23(31(42)38(33(34)44)37-25-13-8-17(35)14-24(25)36)15-22-19(11-12-20-27(22)32(43)39(45)30(20)41)28(34)21-4-3-5-26(47-2)29(21)40/h3-11,13-14,20,22-23,27-28,37,40,45H,12,15H2,1-2H3/t20-,22+,23-,27-,28+,34+/m0/s1. The minimum absolute atomic E-state index is 0.00419. The quantitative estimate of drug-likeness (QED) is 0.184. The highest BCUT2D eigenvalue weighted by Crippen LogP contribution is 2.65. The van der Waals surface area contributed by atoms with E-state index in [1.807, 2.05) is 6.08 Å². The molecule has 4 aliphatic rings. The van der Waals surface area contributed by atoms with E-state index in [4.69, 9.17) is 32.7 Å². The summed E-state index contributed by atoms with van der Waals surface area (Å²) in [5, 5.41) is 23.6. The summed E-state index contributed by atoms with van der Waals surface area (Å²) in [4.78, 5) is 56.1. The highest BCUT2D eigenvalue weighted by Gasteiger charge is 2.70. The topological polar surface area (TPSA) is 146 Å². The van der Waals surface area contributed by atoms with Gasteiger partial charge in [-0.15, -0.1) is 0 Å². The molecule has 3 N–H and O–H groups in total. The van der Waals surface area contributed by atoms with E-state index in [1.165, 1.54) is 20.3 Å². The zero-order chi connectivity index (χ0) is 33.4. The third-order valence-electron chi connectivity index (χ3n) is 10.1. The van der Waals surface area contributed by atoms with Crippen LogP contribution in [-0.4, -0.2) is 58.2 Å². The van der Waals surface area contributed by atoms with Gasteiger partial charge in [0.2, 0.25) is 0 Å². The number of phenolic OH excluding ortho intramolecular Hbond substituents is 1. The first kappa shape index (κ1) is 31.0. The Bertz CT molecular complexity index is 1880. The van der Waals surface area contributed by atoms with Crippen LogP contribution in [0, 0.1) is 23.7 Å². The number of ether oxygens (including phenoxy) is 2. The Morgan fingerprint density at radius 3 is 2.34 bits per heavy atom. The zero-order valence-electron chi connectivity index (χ0n) is 25.1. The number of carbonyl (C=O) groups is 4. The van der Waals surface area contributed by atoms with Crippen molar-refractivity contribution in [3.05, 3.63) is 93.5 Å². The van der Waals surface area contributed by atoms with Gasteiger partial charge in [-0.05, 0) is 60.7 Å². The number of halogens is 2. The average Bonchev–Trinajstić information content (AvgIpc) is 3.42. The van der Waals surface area contributed by atoms with Gasteiger partial charge in [0.1, 0.15) is 5.75 Å². The van der Waals surface area contributed by atoms with Crippen molar-refractivity contribution in [1.82, 2.24) is 10.1 Å². The van der Waals surface area contributed by atoms with E-state index in [-0.39, 0.29) is 40.1 Å². The number of aromatic hydroxyl groups is 1. The van der Waals surface area contributed by atoms with Crippen LogP contribution < -0.4 is 14.9 Å². The molecule has 242 valence electrons. The number of imide groups is 2. The van der Waals surface area contributed by atoms with Crippen molar-refractivity contribution in [1.29, 1.82) is 0 Å². The lowest BCUT2D eigenvalue weighted by molar-refractivity contribution is -0.173. The maximum Gasteiger partial charge on any atom is 0.260 e. The van der Waals surface area contributed by atoms with Gasteiger partial charge in [0.15, 0.2) is 11.5 Å². The lowest BCUT2D eigenvalue weighted by Gasteiger charge is -2.50. The Morgan fingerprint density at radius 2 is 1.66 bits per heavy atom. The predicted octanol–water partition coefficient (Wildman–Crippen LogP) is 5.09. The maximum atomic E-state index is 15.2. The Balaban J connectivity index is 1.50. The molecule has 13 heteroatoms. The molecular formula is C34H29Cl2N3O8. The summed E-state index contributed by atoms with van der Waals surface area (Å²) in [6.45, 7) is 0. The normalized spacial score (nSPS) is 28.1. The van der Waals surface area contributed by atoms with E-state index in [2.05, 4.69) is 5.43 Å². The van der Waals surface area contributed by atoms with Crippen LogP contribution in [0.3, 0.4) is 0 Å². The van der Waals surface area contributed by atoms with Crippen molar-refractivity contribution in [2.24, 2.45) is 23.7 Å². The third-order valence-corrected chi connectivity index (χ3v) is 10.7. The number of nitrogens with zero attached hydrogens (tertiary/aromatic N) is 2. The van der Waals surface area contributed by atoms with Crippen LogP contribution in [0.4, 0.5) is 5.69 Å². The molecule has 2 aliphatic carbocycles. The Labute approximate surface area is 279 Å². The number of hydroxylamine groups is 2. The predicted molar refractivity (Wildman–Crippen MR) is 169 cm³/mol. The molecule has 0 unspecified atom stereocenters. The SMILES string of the molecule is COc1ccc([C@@]23C(=O)N(Nc4ccc(Cl)cc4Cl)C(=O)[C@@H]2C[C@@H]2C(=CC[C@@H]4C(=O)N(O)C(=O)[C@@H]42)[C@@H]3c2cccc(OC)c2O)cc1. The first-order chi connectivity index (χ1) is 22.5. The molecule has 2 heterocycles. The van der Waals surface area contributed by atoms with Crippen LogP contribution in [-0.2, 0) is 24.6 Å². The second-order valence-electron chi connectivity index (χ2n) is 12.1. The lowest BCUT2D eigenvalue weighted by Crippen LogP contribution is -2.53. The number of rotatable bonds is 6. The van der Waals surface area contributed by atoms with Gasteiger partial charge in [0, 0.05) is 16.5 Å². The van der Waals surface area contributed by atoms with Gasteiger partial charge in [-0.1, -0.05) is 59.1 Å². The van der Waals surface area contributed by atoms with E-state index >= 15 is 4.79 Å². The lowest BCUT2D eigenvalue weighted by atomic mass is 9.49. The molecule has 3 aromatic carbocycles. The van der Waals surface area contributed by atoms with Crippen molar-refractivity contribution in [3.8, 4) is 17.2 Å². The highest BCUT2D eigenvalue weighted by atomic mass is 35.5. The van der Waals surface area contributed by atoms with E-state index in [0.717, 1.165) is 5.01 Å². The second-order valence-corrected chi connectivity index (χ2v) is 12.9. The van der Waals surface area contributed by atoms with Gasteiger partial charge in [-0.3, -0.25) is 29.8 Å². The molecule has 6 atom stereocenters. The third kappa shape index (κ3) is 4.37. The molecule has 0 aromatic heterocycles. The zero-order valence-corrected chi connectivity index (χ0v) is 26.7. The van der Waals surface area contributed by atoms with E-state index in [9.17, 15) is 24.7 Å². The molecule has 7 rings (SSSR count). The fourth-order valence-corrected chi connectivity index (χ4v) is 8.56. The summed E-state index contributed by atoms with van der Waals surface area (Å²) in [7, 11) is 2.91. The summed E-state index contributed by atoms with van der Waals surface area (Å²) in [5.74, 6) is -6.86. The molecule has 0 spiro atoms. The summed E-state index contributed by atoms with van der Waals surface area (Å²) in [5.41, 5.74) is 2.88. The van der Waals surface area contributed by atoms with Crippen molar-refractivity contribution < 1.29 is 39.0 Å². The molecule has 2 aliphatic heterocycles. The molecule has 47 heavy (non-hydrogen) atoms. The van der Waals surface area contributed by atoms with Crippen LogP contribution in [0.5, 0.6) is 17.2 Å². The van der Waals surface area contributed by atoms with Crippen LogP contribution in [0.2, 0.25) is 10.0 Å². The fraction of sp³-hybridized carbons (Fsp3) is 0.294. The van der Waals surface area contributed by atoms with Crippen LogP contribution in [0.25, 0.3) is 0 Å². The number of hydrogen-bond acceptors (Lipinski definition) is 9. The van der Waals surface area contributed by atoms with Crippen molar-refractivity contribution >= 4 is 52.5 Å². The van der Waals surface area contributed by atoms with Gasteiger partial charge in [0.05, 0.1) is 48.1 Å². The monoisotopic (exact) mass is 677 g/mol. The number of anilines is 1. The van der Waals surface area contributed by atoms with Crippen LogP contribution in [0.1, 0.15) is 29.9 Å². The van der Waals surface area contributed by atoms with Gasteiger partial charge in [0.25, 0.3) is 23.6 Å². The van der Waals surface area contributed by atoms with Gasteiger partial charge in [-0.2, -0.15) is 10.1 Å². The first-order valence-electron chi connectivity index (χ1n) is 14.9. The molecule has 3 fully saturated rings. The molecular weight excluding hydrogens is 649 g/mol. The number of methoxy groups -OCH3 is 2. The summed E-state index contributed by atoms with van der Waals surface area (Å²) in [6, 6.07) is 16.3. The number of carbonyl (C=O) groups excluding carboxylic acids is 4. The van der Waals surface area contributed by atoms with Gasteiger partial charge in [-0.25, -0.2) is 0 Å². The molecule has 11 nitrogen and oxygen atoms in total. The van der Waals surface area contributed by atoms with Crippen molar-refractivity contribution in [3.63, 3.8) is 0 Å². The number of amides is 4. The van der Waals surface area contributed by atoms with Gasteiger partial charge >= 0.3 is 0 Å². The smallest absolute Gasteiger partial charge is 0.260 e. The Morgan fingerprint density at radius 1 is 0.915 bits per heavy atom. The minimum atomic E-state index is -1.65. The minimum Gasteiger partial charge on any atom is -0.504 e. The number of fused-ring (bicyclic) bond motifs is 4. The number of benzene rings is 3. The number of hydrogen-bond donors (Lipinski definition) is 3. The van der Waals surface area contributed by atoms with Crippen LogP contribution >= 0.6 is 23.2 Å². The van der Waals surface area contributed by atoms with E-state index < -0.39 is 58.6 Å². The number of allylic oxidation sites excluding steroid dienone is 2. The van der Waals surface area contributed by atoms with E-state index in [1.54, 1.807) is 54.6 Å². The molecule has 1 saturated carbocycles. The molecule has 0 radical (unpaired) electrons. The maximum absolute atomic E-state index is 15.2. The first-order valence-corrected chi connectivity index (χ1v) is 15.7. The number of hydrazine groups is 1. The largest absolute Gasteiger partial charge is 0.504 e. The van der Waals surface area contributed by atoms with Crippen molar-refractivity contribution in [2.75, 3.05) is 19.6 Å². The van der Waals surface area contributed by atoms with E-state index in [0.29, 0.717) is 27.5 Å². The average molecular weight is 679 g/mol. The van der Waals surface area contributed by atoms with Crippen LogP contribution in [0.15, 0.2) is 72.3 Å². The summed E-state index contributed by atoms with van der Waals surface area (Å²) >= 11 is 12.6. The highest BCUT2D eigenvalue weighted by molar-refractivity contribution is 6.36. The molecule has 2 saturated heterocycles. The Hall–Kier alpha value is -4.58.